The van der Waals surface area contributed by atoms with Crippen molar-refractivity contribution < 1.29 is 4.74 Å². The van der Waals surface area contributed by atoms with E-state index in [1.54, 1.807) is 11.3 Å². The van der Waals surface area contributed by atoms with Gasteiger partial charge in [0.2, 0.25) is 0 Å². The van der Waals surface area contributed by atoms with Crippen LogP contribution in [0.3, 0.4) is 0 Å². The Kier molecular flexibility index (Phi) is 3.59. The van der Waals surface area contributed by atoms with E-state index in [1.807, 2.05) is 30.3 Å². The second kappa shape index (κ2) is 6.08. The lowest BCUT2D eigenvalue weighted by Gasteiger charge is -2.19. The van der Waals surface area contributed by atoms with Crippen LogP contribution in [0.2, 0.25) is 0 Å². The number of benzene rings is 2. The monoisotopic (exact) mass is 349 g/mol. The summed E-state index contributed by atoms with van der Waals surface area (Å²) in [6.07, 6.45) is 3.44. The molecule has 5 heteroatoms. The highest BCUT2D eigenvalue weighted by Crippen LogP contribution is 2.33. The number of nitrogens with one attached hydrogen (secondary N) is 1. The van der Waals surface area contributed by atoms with Gasteiger partial charge in [0, 0.05) is 37.4 Å². The first-order chi connectivity index (χ1) is 12.3. The van der Waals surface area contributed by atoms with E-state index in [0.717, 1.165) is 35.6 Å². The van der Waals surface area contributed by atoms with E-state index in [4.69, 9.17) is 4.74 Å². The average molecular weight is 349 g/mol. The molecule has 1 saturated heterocycles. The zero-order chi connectivity index (χ0) is 16.6. The fourth-order valence-electron chi connectivity index (χ4n) is 3.62. The molecular formula is C20H19N3OS. The maximum Gasteiger partial charge on any atom is 0.279 e. The van der Waals surface area contributed by atoms with Crippen LogP contribution in [0.5, 0.6) is 10.9 Å². The zero-order valence-corrected chi connectivity index (χ0v) is 14.6. The van der Waals surface area contributed by atoms with Crippen molar-refractivity contribution in [3.63, 3.8) is 0 Å². The molecule has 5 rings (SSSR count). The second-order valence-electron chi connectivity index (χ2n) is 6.58. The number of ether oxygens (including phenoxy) is 1. The maximum absolute atomic E-state index is 5.93. The molecule has 0 radical (unpaired) electrons. The van der Waals surface area contributed by atoms with Crippen LogP contribution in [0.25, 0.3) is 10.2 Å². The molecule has 25 heavy (non-hydrogen) atoms. The van der Waals surface area contributed by atoms with Crippen molar-refractivity contribution in [2.75, 3.05) is 13.1 Å². The second-order valence-corrected chi connectivity index (χ2v) is 7.57. The van der Waals surface area contributed by atoms with Crippen LogP contribution in [0, 0.1) is 5.92 Å². The Labute approximate surface area is 150 Å². The van der Waals surface area contributed by atoms with E-state index >= 15 is 0 Å². The first kappa shape index (κ1) is 14.8. The van der Waals surface area contributed by atoms with Gasteiger partial charge in [0.15, 0.2) is 0 Å². The third-order valence-corrected chi connectivity index (χ3v) is 5.84. The number of fused-ring (bicyclic) bond motifs is 2. The van der Waals surface area contributed by atoms with Gasteiger partial charge in [-0.3, -0.25) is 0 Å². The predicted octanol–water partition coefficient (Wildman–Crippen LogP) is 4.36. The molecule has 0 bridgehead atoms. The summed E-state index contributed by atoms with van der Waals surface area (Å²) in [5.41, 5.74) is 3.76. The van der Waals surface area contributed by atoms with Gasteiger partial charge in [-0.25, -0.2) is 4.98 Å². The summed E-state index contributed by atoms with van der Waals surface area (Å²) >= 11 is 1.58. The van der Waals surface area contributed by atoms with Crippen LogP contribution in [0.1, 0.15) is 12.0 Å². The lowest BCUT2D eigenvalue weighted by atomic mass is 10.1. The highest BCUT2D eigenvalue weighted by atomic mass is 32.1. The van der Waals surface area contributed by atoms with Crippen LogP contribution < -0.4 is 10.1 Å². The van der Waals surface area contributed by atoms with Crippen LogP contribution in [-0.4, -0.2) is 23.0 Å². The highest BCUT2D eigenvalue weighted by molar-refractivity contribution is 7.20. The topological polar surface area (TPSA) is 37.4 Å². The number of rotatable bonds is 4. The summed E-state index contributed by atoms with van der Waals surface area (Å²) in [7, 11) is 0. The van der Waals surface area contributed by atoms with Gasteiger partial charge in [-0.05, 0) is 36.2 Å². The summed E-state index contributed by atoms with van der Waals surface area (Å²) in [4.78, 5) is 7.00. The van der Waals surface area contributed by atoms with E-state index in [-0.39, 0.29) is 0 Å². The standard InChI is InChI=1S/C20H19N3OS/c1-2-4-19-17(3-1)22-20(25-19)24-16-7-5-14(6-8-16)13-23-10-9-15-11-21-12-18(15)23/h1-8,12,15,21H,9-11,13H2. The van der Waals surface area contributed by atoms with E-state index in [1.165, 1.54) is 17.7 Å². The van der Waals surface area contributed by atoms with Crippen molar-refractivity contribution in [1.29, 1.82) is 0 Å². The van der Waals surface area contributed by atoms with Crippen molar-refractivity contribution in [2.45, 2.75) is 13.0 Å². The van der Waals surface area contributed by atoms with Gasteiger partial charge in [0.05, 0.1) is 10.2 Å². The molecule has 0 aliphatic carbocycles. The zero-order valence-electron chi connectivity index (χ0n) is 13.8. The molecule has 1 fully saturated rings. The summed E-state index contributed by atoms with van der Waals surface area (Å²) in [6, 6.07) is 16.5. The van der Waals surface area contributed by atoms with E-state index in [9.17, 15) is 0 Å². The minimum Gasteiger partial charge on any atom is -0.431 e. The maximum atomic E-state index is 5.93. The van der Waals surface area contributed by atoms with Gasteiger partial charge < -0.3 is 15.0 Å². The molecule has 2 aromatic carbocycles. The van der Waals surface area contributed by atoms with Crippen LogP contribution in [0.15, 0.2) is 60.4 Å². The summed E-state index contributed by atoms with van der Waals surface area (Å²) in [5.74, 6) is 1.55. The van der Waals surface area contributed by atoms with Gasteiger partial charge in [-0.15, -0.1) is 0 Å². The number of hydrogen-bond donors (Lipinski definition) is 1. The molecule has 4 nitrogen and oxygen atoms in total. The Morgan fingerprint density at radius 3 is 2.92 bits per heavy atom. The summed E-state index contributed by atoms with van der Waals surface area (Å²) in [6.45, 7) is 3.22. The highest BCUT2D eigenvalue weighted by Gasteiger charge is 2.30. The van der Waals surface area contributed by atoms with Crippen LogP contribution in [0.4, 0.5) is 0 Å². The summed E-state index contributed by atoms with van der Waals surface area (Å²) in [5, 5.41) is 4.05. The SMILES string of the molecule is C1=C2C(CCN2Cc2ccc(Oc3nc4ccccc4s3)cc2)CN1. The Morgan fingerprint density at radius 1 is 1.16 bits per heavy atom. The number of para-hydroxylation sites is 1. The molecule has 1 N–H and O–H groups in total. The lowest BCUT2D eigenvalue weighted by molar-refractivity contribution is 0.384. The van der Waals surface area contributed by atoms with Gasteiger partial charge in [-0.1, -0.05) is 35.6 Å². The number of thiazole rings is 1. The molecule has 2 aliphatic heterocycles. The van der Waals surface area contributed by atoms with Crippen molar-refractivity contribution in [1.82, 2.24) is 15.2 Å². The molecule has 0 saturated carbocycles. The van der Waals surface area contributed by atoms with E-state index in [2.05, 4.69) is 39.6 Å². The molecule has 2 aliphatic rings. The quantitative estimate of drug-likeness (QED) is 0.760. The fourth-order valence-corrected chi connectivity index (χ4v) is 4.45. The fraction of sp³-hybridized carbons (Fsp3) is 0.250. The van der Waals surface area contributed by atoms with Gasteiger partial charge in [0.1, 0.15) is 5.75 Å². The van der Waals surface area contributed by atoms with Crippen molar-refractivity contribution in [2.24, 2.45) is 5.92 Å². The summed E-state index contributed by atoms with van der Waals surface area (Å²) < 4.78 is 7.08. The van der Waals surface area contributed by atoms with Crippen molar-refractivity contribution in [3.8, 4) is 10.9 Å². The molecule has 1 unspecified atom stereocenters. The normalized spacial score (nSPS) is 19.0. The third-order valence-electron chi connectivity index (χ3n) is 4.92. The largest absolute Gasteiger partial charge is 0.431 e. The Bertz CT molecular complexity index is 899. The molecule has 3 aromatic rings. The number of nitrogens with zero attached hydrogens (tertiary/aromatic N) is 2. The van der Waals surface area contributed by atoms with Crippen LogP contribution >= 0.6 is 11.3 Å². The predicted molar refractivity (Wildman–Crippen MR) is 101 cm³/mol. The first-order valence-electron chi connectivity index (χ1n) is 8.66. The minimum atomic E-state index is 0.693. The number of likely N-dealkylation sites (tertiary alicyclic amines) is 1. The molecule has 1 atom stereocenters. The van der Waals surface area contributed by atoms with Crippen molar-refractivity contribution in [3.05, 3.63) is 66.0 Å². The molecule has 1 aromatic heterocycles. The van der Waals surface area contributed by atoms with Gasteiger partial charge >= 0.3 is 0 Å². The minimum absolute atomic E-state index is 0.693. The molecular weight excluding hydrogens is 330 g/mol. The Morgan fingerprint density at radius 2 is 2.04 bits per heavy atom. The van der Waals surface area contributed by atoms with Gasteiger partial charge in [0.25, 0.3) is 5.19 Å². The van der Waals surface area contributed by atoms with E-state index in [0.29, 0.717) is 11.1 Å². The molecule has 0 spiro atoms. The average Bonchev–Trinajstić information content (AvgIpc) is 3.33. The smallest absolute Gasteiger partial charge is 0.279 e. The molecule has 126 valence electrons. The Hall–Kier alpha value is -2.53. The van der Waals surface area contributed by atoms with Gasteiger partial charge in [-0.2, -0.15) is 0 Å². The Balaban J connectivity index is 1.28. The number of aromatic nitrogens is 1. The molecule has 3 heterocycles. The van der Waals surface area contributed by atoms with Crippen LogP contribution in [-0.2, 0) is 6.54 Å². The van der Waals surface area contributed by atoms with Crippen molar-refractivity contribution >= 4 is 21.6 Å². The van der Waals surface area contributed by atoms with E-state index < -0.39 is 0 Å². The lowest BCUT2D eigenvalue weighted by Crippen LogP contribution is -2.17. The number of hydrogen-bond acceptors (Lipinski definition) is 5. The first-order valence-corrected chi connectivity index (χ1v) is 9.47. The third kappa shape index (κ3) is 2.85. The molecule has 0 amide bonds.